The van der Waals surface area contributed by atoms with Crippen LogP contribution in [0.3, 0.4) is 0 Å². The van der Waals surface area contributed by atoms with Gasteiger partial charge in [0.2, 0.25) is 10.0 Å². The number of nitrogens with one attached hydrogen (secondary N) is 2. The van der Waals surface area contributed by atoms with Gasteiger partial charge in [0.1, 0.15) is 0 Å². The molecular weight excluding hydrogens is 316 g/mol. The Labute approximate surface area is 137 Å². The number of urea groups is 1. The molecule has 23 heavy (non-hydrogen) atoms. The van der Waals surface area contributed by atoms with E-state index in [0.29, 0.717) is 19.4 Å². The molecule has 8 heteroatoms. The summed E-state index contributed by atoms with van der Waals surface area (Å²) < 4.78 is 25.9. The minimum absolute atomic E-state index is 0.0310. The SMILES string of the molecule is CC(C)NC(=O)N1CC[C@@H](NS(C)(=O)=O)[C@@H]1Cc1cccnc1. The Bertz CT molecular complexity index is 633. The molecule has 0 bridgehead atoms. The Morgan fingerprint density at radius 3 is 2.78 bits per heavy atom. The van der Waals surface area contributed by atoms with Crippen molar-refractivity contribution >= 4 is 16.1 Å². The first-order chi connectivity index (χ1) is 10.8. The second kappa shape index (κ2) is 7.27. The first-order valence-electron chi connectivity index (χ1n) is 7.69. The zero-order valence-corrected chi connectivity index (χ0v) is 14.5. The number of hydrogen-bond acceptors (Lipinski definition) is 4. The van der Waals surface area contributed by atoms with Crippen molar-refractivity contribution in [2.24, 2.45) is 0 Å². The number of carbonyl (C=O) groups excluding carboxylic acids is 1. The van der Waals surface area contributed by atoms with Crippen molar-refractivity contribution in [2.45, 2.75) is 44.8 Å². The number of nitrogens with zero attached hydrogens (tertiary/aromatic N) is 2. The van der Waals surface area contributed by atoms with Crippen LogP contribution in [0, 0.1) is 0 Å². The van der Waals surface area contributed by atoms with Gasteiger partial charge in [-0.05, 0) is 38.3 Å². The normalized spacial score (nSPS) is 21.7. The second-order valence-electron chi connectivity index (χ2n) is 6.22. The quantitative estimate of drug-likeness (QED) is 0.827. The van der Waals surface area contributed by atoms with Gasteiger partial charge in [-0.1, -0.05) is 6.07 Å². The molecule has 0 aliphatic carbocycles. The second-order valence-corrected chi connectivity index (χ2v) is 8.00. The van der Waals surface area contributed by atoms with Crippen LogP contribution < -0.4 is 10.0 Å². The highest BCUT2D eigenvalue weighted by Gasteiger charge is 2.38. The number of rotatable bonds is 5. The van der Waals surface area contributed by atoms with Crippen LogP contribution in [0.15, 0.2) is 24.5 Å². The van der Waals surface area contributed by atoms with Gasteiger partial charge in [0, 0.05) is 31.0 Å². The lowest BCUT2D eigenvalue weighted by Gasteiger charge is -2.29. The highest BCUT2D eigenvalue weighted by atomic mass is 32.2. The molecule has 2 heterocycles. The van der Waals surface area contributed by atoms with Crippen LogP contribution in [0.25, 0.3) is 0 Å². The van der Waals surface area contributed by atoms with Gasteiger partial charge in [-0.2, -0.15) is 0 Å². The molecule has 2 rings (SSSR count). The van der Waals surface area contributed by atoms with Crippen molar-refractivity contribution in [1.29, 1.82) is 0 Å². The van der Waals surface area contributed by atoms with E-state index < -0.39 is 10.0 Å². The minimum Gasteiger partial charge on any atom is -0.336 e. The van der Waals surface area contributed by atoms with Gasteiger partial charge in [0.25, 0.3) is 0 Å². The molecule has 0 spiro atoms. The maximum Gasteiger partial charge on any atom is 0.317 e. The molecule has 0 unspecified atom stereocenters. The van der Waals surface area contributed by atoms with E-state index in [1.165, 1.54) is 0 Å². The summed E-state index contributed by atoms with van der Waals surface area (Å²) in [6.45, 7) is 4.32. The van der Waals surface area contributed by atoms with Crippen molar-refractivity contribution in [1.82, 2.24) is 19.9 Å². The molecule has 0 radical (unpaired) electrons. The highest BCUT2D eigenvalue weighted by Crippen LogP contribution is 2.22. The monoisotopic (exact) mass is 340 g/mol. The number of carbonyl (C=O) groups is 1. The van der Waals surface area contributed by atoms with Crippen molar-refractivity contribution in [3.05, 3.63) is 30.1 Å². The number of hydrogen-bond donors (Lipinski definition) is 2. The van der Waals surface area contributed by atoms with Gasteiger partial charge in [0.05, 0.1) is 12.3 Å². The number of pyridine rings is 1. The third-order valence-electron chi connectivity index (χ3n) is 3.75. The Morgan fingerprint density at radius 1 is 1.48 bits per heavy atom. The van der Waals surface area contributed by atoms with E-state index in [1.807, 2.05) is 26.0 Å². The molecule has 0 aromatic carbocycles. The number of aromatic nitrogens is 1. The standard InChI is InChI=1S/C15H24N4O3S/c1-11(2)17-15(20)19-8-6-13(18-23(3,21)22)14(19)9-12-5-4-7-16-10-12/h4-5,7,10-11,13-14,18H,6,8-9H2,1-3H3,(H,17,20)/t13-,14+/m1/s1. The van der Waals surface area contributed by atoms with Gasteiger partial charge in [-0.15, -0.1) is 0 Å². The van der Waals surface area contributed by atoms with Crippen molar-refractivity contribution < 1.29 is 13.2 Å². The first kappa shape index (κ1) is 17.7. The van der Waals surface area contributed by atoms with E-state index in [9.17, 15) is 13.2 Å². The third kappa shape index (κ3) is 5.18. The van der Waals surface area contributed by atoms with Crippen LogP contribution in [0.4, 0.5) is 4.79 Å². The molecular formula is C15H24N4O3S. The number of amides is 2. The van der Waals surface area contributed by atoms with Crippen LogP contribution in [0.5, 0.6) is 0 Å². The molecule has 2 atom stereocenters. The van der Waals surface area contributed by atoms with Crippen LogP contribution in [-0.2, 0) is 16.4 Å². The van der Waals surface area contributed by atoms with E-state index in [4.69, 9.17) is 0 Å². The average molecular weight is 340 g/mol. The maximum absolute atomic E-state index is 12.4. The Kier molecular flexibility index (Phi) is 5.59. The lowest BCUT2D eigenvalue weighted by atomic mass is 10.0. The zero-order chi connectivity index (χ0) is 17.0. The minimum atomic E-state index is -3.33. The maximum atomic E-state index is 12.4. The summed E-state index contributed by atoms with van der Waals surface area (Å²) >= 11 is 0. The summed E-state index contributed by atoms with van der Waals surface area (Å²) in [5.41, 5.74) is 0.974. The molecule has 2 N–H and O–H groups in total. The molecule has 128 valence electrons. The number of likely N-dealkylation sites (tertiary alicyclic amines) is 1. The molecule has 1 aromatic heterocycles. The predicted octanol–water partition coefficient (Wildman–Crippen LogP) is 0.734. The van der Waals surface area contributed by atoms with Gasteiger partial charge >= 0.3 is 6.03 Å². The highest BCUT2D eigenvalue weighted by molar-refractivity contribution is 7.88. The van der Waals surface area contributed by atoms with Gasteiger partial charge in [-0.25, -0.2) is 17.9 Å². The smallest absolute Gasteiger partial charge is 0.317 e. The molecule has 1 aromatic rings. The van der Waals surface area contributed by atoms with Crippen molar-refractivity contribution in [3.8, 4) is 0 Å². The summed E-state index contributed by atoms with van der Waals surface area (Å²) in [5, 5.41) is 2.88. The summed E-state index contributed by atoms with van der Waals surface area (Å²) in [6.07, 6.45) is 5.74. The van der Waals surface area contributed by atoms with Crippen LogP contribution in [0.2, 0.25) is 0 Å². The molecule has 1 aliphatic rings. The van der Waals surface area contributed by atoms with Crippen LogP contribution in [0.1, 0.15) is 25.8 Å². The largest absolute Gasteiger partial charge is 0.336 e. The molecule has 7 nitrogen and oxygen atoms in total. The molecule has 1 fully saturated rings. The number of sulfonamides is 1. The molecule has 2 amide bonds. The van der Waals surface area contributed by atoms with Gasteiger partial charge in [0.15, 0.2) is 0 Å². The summed E-state index contributed by atoms with van der Waals surface area (Å²) in [4.78, 5) is 18.2. The van der Waals surface area contributed by atoms with Crippen molar-refractivity contribution in [3.63, 3.8) is 0 Å². The Balaban J connectivity index is 2.19. The zero-order valence-electron chi connectivity index (χ0n) is 13.7. The average Bonchev–Trinajstić information content (AvgIpc) is 2.80. The van der Waals surface area contributed by atoms with Crippen LogP contribution in [-0.4, -0.2) is 55.3 Å². The summed E-state index contributed by atoms with van der Waals surface area (Å²) in [7, 11) is -3.33. The lowest BCUT2D eigenvalue weighted by Crippen LogP contribution is -2.51. The predicted molar refractivity (Wildman–Crippen MR) is 88.5 cm³/mol. The third-order valence-corrected chi connectivity index (χ3v) is 4.48. The van der Waals surface area contributed by atoms with E-state index in [2.05, 4.69) is 15.0 Å². The van der Waals surface area contributed by atoms with E-state index >= 15 is 0 Å². The lowest BCUT2D eigenvalue weighted by molar-refractivity contribution is 0.186. The topological polar surface area (TPSA) is 91.4 Å². The fourth-order valence-electron chi connectivity index (χ4n) is 2.86. The van der Waals surface area contributed by atoms with Crippen LogP contribution >= 0.6 is 0 Å². The van der Waals surface area contributed by atoms with Crippen molar-refractivity contribution in [2.75, 3.05) is 12.8 Å². The van der Waals surface area contributed by atoms with Gasteiger partial charge in [-0.3, -0.25) is 4.98 Å². The summed E-state index contributed by atoms with van der Waals surface area (Å²) in [5.74, 6) is 0. The van der Waals surface area contributed by atoms with E-state index in [1.54, 1.807) is 17.3 Å². The van der Waals surface area contributed by atoms with E-state index in [-0.39, 0.29) is 24.2 Å². The molecule has 1 saturated heterocycles. The molecule has 0 saturated carbocycles. The van der Waals surface area contributed by atoms with E-state index in [0.717, 1.165) is 11.8 Å². The fraction of sp³-hybridized carbons (Fsp3) is 0.600. The molecule has 1 aliphatic heterocycles. The first-order valence-corrected chi connectivity index (χ1v) is 9.59. The fourth-order valence-corrected chi connectivity index (χ4v) is 3.69. The Morgan fingerprint density at radius 2 is 2.22 bits per heavy atom. The van der Waals surface area contributed by atoms with Gasteiger partial charge < -0.3 is 10.2 Å². The summed E-state index contributed by atoms with van der Waals surface area (Å²) in [6, 6.07) is 3.12. The Hall–Kier alpha value is -1.67.